The van der Waals surface area contributed by atoms with Gasteiger partial charge in [-0.05, 0) is 13.1 Å². The zero-order chi connectivity index (χ0) is 15.1. The van der Waals surface area contributed by atoms with E-state index in [9.17, 15) is 13.2 Å². The Kier molecular flexibility index (Phi) is 6.44. The molecule has 0 aliphatic carbocycles. The van der Waals surface area contributed by atoms with Gasteiger partial charge < -0.3 is 20.7 Å². The van der Waals surface area contributed by atoms with Gasteiger partial charge in [0.15, 0.2) is 11.6 Å². The Labute approximate surface area is 116 Å². The van der Waals surface area contributed by atoms with E-state index in [2.05, 4.69) is 15.0 Å². The number of alkyl halides is 2. The number of hydrogen-bond acceptors (Lipinski definition) is 4. The lowest BCUT2D eigenvalue weighted by molar-refractivity contribution is -0.0521. The first kappa shape index (κ1) is 16.4. The maximum atomic E-state index is 13.4. The predicted molar refractivity (Wildman–Crippen MR) is 73.7 cm³/mol. The second kappa shape index (κ2) is 7.84. The fourth-order valence-electron chi connectivity index (χ4n) is 1.80. The Morgan fingerprint density at radius 3 is 2.50 bits per heavy atom. The molecule has 114 valence electrons. The van der Waals surface area contributed by atoms with Crippen LogP contribution in [0.25, 0.3) is 0 Å². The highest BCUT2D eigenvalue weighted by Crippen LogP contribution is 2.29. The van der Waals surface area contributed by atoms with Gasteiger partial charge in [-0.15, -0.1) is 0 Å². The molecule has 1 rings (SSSR count). The summed E-state index contributed by atoms with van der Waals surface area (Å²) in [5.41, 5.74) is 6.18. The summed E-state index contributed by atoms with van der Waals surface area (Å²) in [7, 11) is 0. The first-order valence-corrected chi connectivity index (χ1v) is 6.48. The molecule has 0 aliphatic rings. The van der Waals surface area contributed by atoms with E-state index in [-0.39, 0.29) is 5.69 Å². The summed E-state index contributed by atoms with van der Waals surface area (Å²) in [6, 6.07) is 2.12. The van der Waals surface area contributed by atoms with Crippen LogP contribution < -0.4 is 15.8 Å². The average Bonchev–Trinajstić information content (AvgIpc) is 2.39. The first-order chi connectivity index (χ1) is 9.47. The van der Waals surface area contributed by atoms with Gasteiger partial charge in [-0.3, -0.25) is 0 Å². The summed E-state index contributed by atoms with van der Waals surface area (Å²) >= 11 is 0. The zero-order valence-corrected chi connectivity index (χ0v) is 11.6. The molecule has 3 N–H and O–H groups in total. The topological polar surface area (TPSA) is 50.5 Å². The standard InChI is InChI=1S/C13H20F3N3O/c1-3-19(4-2)6-5-18-11-8-12(20-13(15)16)9(14)7-10(11)17/h7-8,13,18H,3-6,17H2,1-2H3. The van der Waals surface area contributed by atoms with Crippen LogP contribution in [-0.4, -0.2) is 37.7 Å². The summed E-state index contributed by atoms with van der Waals surface area (Å²) in [5, 5.41) is 2.99. The van der Waals surface area contributed by atoms with E-state index in [0.717, 1.165) is 31.8 Å². The number of ether oxygens (including phenoxy) is 1. The number of nitrogen functional groups attached to an aromatic ring is 1. The Balaban J connectivity index is 2.69. The van der Waals surface area contributed by atoms with E-state index in [0.29, 0.717) is 12.2 Å². The first-order valence-electron chi connectivity index (χ1n) is 6.48. The number of nitrogens with two attached hydrogens (primary N) is 1. The minimum Gasteiger partial charge on any atom is -0.432 e. The minimum absolute atomic E-state index is 0.156. The molecule has 0 unspecified atom stereocenters. The lowest BCUT2D eigenvalue weighted by Crippen LogP contribution is -2.28. The Hall–Kier alpha value is -1.63. The molecule has 0 aliphatic heterocycles. The van der Waals surface area contributed by atoms with Gasteiger partial charge in [0.05, 0.1) is 11.4 Å². The van der Waals surface area contributed by atoms with Gasteiger partial charge in [0.2, 0.25) is 0 Å². The molecule has 0 bridgehead atoms. The Morgan fingerprint density at radius 2 is 1.95 bits per heavy atom. The van der Waals surface area contributed by atoms with Crippen LogP contribution in [0.4, 0.5) is 24.5 Å². The number of likely N-dealkylation sites (N-methyl/N-ethyl adjacent to an activating group) is 1. The number of nitrogens with one attached hydrogen (secondary N) is 1. The Bertz CT molecular complexity index is 426. The van der Waals surface area contributed by atoms with Crippen molar-refractivity contribution in [2.24, 2.45) is 0 Å². The number of benzene rings is 1. The van der Waals surface area contributed by atoms with E-state index in [1.54, 1.807) is 0 Å². The molecular formula is C13H20F3N3O. The predicted octanol–water partition coefficient (Wildman–Crippen LogP) is 2.76. The fraction of sp³-hybridized carbons (Fsp3) is 0.538. The van der Waals surface area contributed by atoms with Crippen LogP contribution in [0, 0.1) is 5.82 Å². The molecule has 1 aromatic rings. The van der Waals surface area contributed by atoms with Crippen LogP contribution in [0.3, 0.4) is 0 Å². The maximum Gasteiger partial charge on any atom is 0.387 e. The highest BCUT2D eigenvalue weighted by Gasteiger charge is 2.13. The molecule has 4 nitrogen and oxygen atoms in total. The van der Waals surface area contributed by atoms with Gasteiger partial charge in [0.25, 0.3) is 0 Å². The molecule has 0 radical (unpaired) electrons. The normalized spacial score (nSPS) is 11.2. The molecule has 0 heterocycles. The summed E-state index contributed by atoms with van der Waals surface area (Å²) < 4.78 is 41.7. The van der Waals surface area contributed by atoms with Gasteiger partial charge in [-0.2, -0.15) is 8.78 Å². The van der Waals surface area contributed by atoms with Crippen molar-refractivity contribution in [3.05, 3.63) is 17.9 Å². The SMILES string of the molecule is CCN(CC)CCNc1cc(OC(F)F)c(F)cc1N. The molecule has 0 saturated heterocycles. The third kappa shape index (κ3) is 4.80. The summed E-state index contributed by atoms with van der Waals surface area (Å²) in [6.07, 6.45) is 0. The monoisotopic (exact) mass is 291 g/mol. The summed E-state index contributed by atoms with van der Waals surface area (Å²) in [4.78, 5) is 2.18. The lowest BCUT2D eigenvalue weighted by Gasteiger charge is -2.19. The van der Waals surface area contributed by atoms with E-state index >= 15 is 0 Å². The van der Waals surface area contributed by atoms with Crippen LogP contribution in [0.15, 0.2) is 12.1 Å². The van der Waals surface area contributed by atoms with Crippen molar-refractivity contribution < 1.29 is 17.9 Å². The molecule has 0 fully saturated rings. The molecule has 0 amide bonds. The smallest absolute Gasteiger partial charge is 0.387 e. The number of hydrogen-bond donors (Lipinski definition) is 2. The van der Waals surface area contributed by atoms with Gasteiger partial charge in [0, 0.05) is 25.2 Å². The highest BCUT2D eigenvalue weighted by molar-refractivity contribution is 5.68. The van der Waals surface area contributed by atoms with Crippen molar-refractivity contribution in [1.82, 2.24) is 4.90 Å². The van der Waals surface area contributed by atoms with Crippen LogP contribution in [0.2, 0.25) is 0 Å². The second-order valence-corrected chi connectivity index (χ2v) is 4.20. The molecule has 1 aromatic carbocycles. The zero-order valence-electron chi connectivity index (χ0n) is 11.6. The van der Waals surface area contributed by atoms with Gasteiger partial charge in [-0.1, -0.05) is 13.8 Å². The quantitative estimate of drug-likeness (QED) is 0.723. The number of rotatable bonds is 8. The molecule has 7 heteroatoms. The number of anilines is 2. The van der Waals surface area contributed by atoms with E-state index in [1.807, 2.05) is 13.8 Å². The third-order valence-corrected chi connectivity index (χ3v) is 2.96. The van der Waals surface area contributed by atoms with Crippen LogP contribution in [-0.2, 0) is 0 Å². The Morgan fingerprint density at radius 1 is 1.30 bits per heavy atom. The highest BCUT2D eigenvalue weighted by atomic mass is 19.3. The van der Waals surface area contributed by atoms with Crippen LogP contribution in [0.5, 0.6) is 5.75 Å². The molecular weight excluding hydrogens is 271 g/mol. The lowest BCUT2D eigenvalue weighted by atomic mass is 10.2. The number of nitrogens with zero attached hydrogens (tertiary/aromatic N) is 1. The fourth-order valence-corrected chi connectivity index (χ4v) is 1.80. The maximum absolute atomic E-state index is 13.4. The largest absolute Gasteiger partial charge is 0.432 e. The van der Waals surface area contributed by atoms with Crippen molar-refractivity contribution in [3.8, 4) is 5.75 Å². The van der Waals surface area contributed by atoms with Crippen molar-refractivity contribution in [2.75, 3.05) is 37.2 Å². The third-order valence-electron chi connectivity index (χ3n) is 2.96. The van der Waals surface area contributed by atoms with Gasteiger partial charge >= 0.3 is 6.61 Å². The van der Waals surface area contributed by atoms with Crippen molar-refractivity contribution in [1.29, 1.82) is 0 Å². The van der Waals surface area contributed by atoms with Crippen LogP contribution in [0.1, 0.15) is 13.8 Å². The van der Waals surface area contributed by atoms with Gasteiger partial charge in [-0.25, -0.2) is 4.39 Å². The molecule has 0 saturated carbocycles. The summed E-state index contributed by atoms with van der Waals surface area (Å²) in [5.74, 6) is -1.42. The van der Waals surface area contributed by atoms with Gasteiger partial charge in [0.1, 0.15) is 0 Å². The molecule has 0 aromatic heterocycles. The molecule has 0 spiro atoms. The van der Waals surface area contributed by atoms with Crippen LogP contribution >= 0.6 is 0 Å². The molecule has 20 heavy (non-hydrogen) atoms. The van der Waals surface area contributed by atoms with E-state index < -0.39 is 18.2 Å². The molecule has 0 atom stereocenters. The number of halogens is 3. The minimum atomic E-state index is -3.07. The average molecular weight is 291 g/mol. The summed E-state index contributed by atoms with van der Waals surface area (Å²) in [6.45, 7) is 4.19. The van der Waals surface area contributed by atoms with E-state index in [4.69, 9.17) is 5.73 Å². The second-order valence-electron chi connectivity index (χ2n) is 4.20. The van der Waals surface area contributed by atoms with E-state index in [1.165, 1.54) is 0 Å². The van der Waals surface area contributed by atoms with Crippen molar-refractivity contribution in [2.45, 2.75) is 20.5 Å². The van der Waals surface area contributed by atoms with Crippen molar-refractivity contribution >= 4 is 11.4 Å². The van der Waals surface area contributed by atoms with Crippen molar-refractivity contribution in [3.63, 3.8) is 0 Å².